The van der Waals surface area contributed by atoms with Gasteiger partial charge in [0.2, 0.25) is 0 Å². The van der Waals surface area contributed by atoms with Crippen molar-refractivity contribution in [1.29, 1.82) is 0 Å². The predicted molar refractivity (Wildman–Crippen MR) is 90.8 cm³/mol. The molecule has 5 heteroatoms. The number of halogens is 1. The maximum Gasteiger partial charge on any atom is 0.179 e. The Labute approximate surface area is 141 Å². The molecule has 0 spiro atoms. The SMILES string of the molecule is COc1ccc(CCNCc2cc(Cl)c3c(c2)OCCO3)cc1. The van der Waals surface area contributed by atoms with Crippen LogP contribution in [0.4, 0.5) is 0 Å². The maximum atomic E-state index is 6.24. The average molecular weight is 334 g/mol. The Balaban J connectivity index is 1.51. The van der Waals surface area contributed by atoms with Gasteiger partial charge >= 0.3 is 0 Å². The number of fused-ring (bicyclic) bond motifs is 1. The molecule has 0 aromatic heterocycles. The molecule has 0 atom stereocenters. The lowest BCUT2D eigenvalue weighted by atomic mass is 10.1. The molecule has 0 bridgehead atoms. The van der Waals surface area contributed by atoms with Crippen molar-refractivity contribution in [2.45, 2.75) is 13.0 Å². The molecule has 1 aliphatic rings. The van der Waals surface area contributed by atoms with Crippen molar-refractivity contribution in [2.24, 2.45) is 0 Å². The van der Waals surface area contributed by atoms with Crippen LogP contribution in [-0.2, 0) is 13.0 Å². The highest BCUT2D eigenvalue weighted by Crippen LogP contribution is 2.38. The minimum Gasteiger partial charge on any atom is -0.497 e. The van der Waals surface area contributed by atoms with E-state index >= 15 is 0 Å². The van der Waals surface area contributed by atoms with Crippen molar-refractivity contribution in [3.63, 3.8) is 0 Å². The zero-order valence-electron chi connectivity index (χ0n) is 13.1. The number of hydrogen-bond donors (Lipinski definition) is 1. The van der Waals surface area contributed by atoms with Gasteiger partial charge < -0.3 is 19.5 Å². The summed E-state index contributed by atoms with van der Waals surface area (Å²) in [6.45, 7) is 2.74. The molecular formula is C18H20ClNO3. The topological polar surface area (TPSA) is 39.7 Å². The van der Waals surface area contributed by atoms with Crippen LogP contribution in [0, 0.1) is 0 Å². The van der Waals surface area contributed by atoms with Gasteiger partial charge in [-0.15, -0.1) is 0 Å². The van der Waals surface area contributed by atoms with Gasteiger partial charge in [0.1, 0.15) is 19.0 Å². The van der Waals surface area contributed by atoms with Crippen molar-refractivity contribution in [1.82, 2.24) is 5.32 Å². The second-order valence-electron chi connectivity index (χ2n) is 5.38. The second-order valence-corrected chi connectivity index (χ2v) is 5.78. The molecule has 1 aliphatic heterocycles. The summed E-state index contributed by atoms with van der Waals surface area (Å²) in [6.07, 6.45) is 0.961. The standard InChI is InChI=1S/C18H20ClNO3/c1-21-15-4-2-13(3-5-15)6-7-20-12-14-10-16(19)18-17(11-14)22-8-9-23-18/h2-5,10-11,20H,6-9,12H2,1H3. The Morgan fingerprint density at radius 3 is 2.65 bits per heavy atom. The van der Waals surface area contributed by atoms with E-state index in [-0.39, 0.29) is 0 Å². The van der Waals surface area contributed by atoms with E-state index < -0.39 is 0 Å². The summed E-state index contributed by atoms with van der Waals surface area (Å²) in [5.41, 5.74) is 2.37. The van der Waals surface area contributed by atoms with E-state index in [0.29, 0.717) is 24.0 Å². The zero-order chi connectivity index (χ0) is 16.1. The van der Waals surface area contributed by atoms with E-state index in [2.05, 4.69) is 17.4 Å². The van der Waals surface area contributed by atoms with Crippen LogP contribution >= 0.6 is 11.6 Å². The van der Waals surface area contributed by atoms with Crippen LogP contribution in [0.25, 0.3) is 0 Å². The monoisotopic (exact) mass is 333 g/mol. The molecule has 3 rings (SSSR count). The molecule has 0 saturated carbocycles. The van der Waals surface area contributed by atoms with Gasteiger partial charge in [-0.25, -0.2) is 0 Å². The molecule has 1 heterocycles. The Hall–Kier alpha value is -1.91. The smallest absolute Gasteiger partial charge is 0.179 e. The first-order chi connectivity index (χ1) is 11.3. The highest BCUT2D eigenvalue weighted by Gasteiger charge is 2.16. The van der Waals surface area contributed by atoms with E-state index in [0.717, 1.165) is 36.6 Å². The van der Waals surface area contributed by atoms with Gasteiger partial charge in [0.05, 0.1) is 12.1 Å². The number of rotatable bonds is 6. The molecule has 0 saturated heterocycles. The summed E-state index contributed by atoms with van der Waals surface area (Å²) in [4.78, 5) is 0. The number of hydrogen-bond acceptors (Lipinski definition) is 4. The summed E-state index contributed by atoms with van der Waals surface area (Å²) < 4.78 is 16.3. The highest BCUT2D eigenvalue weighted by atomic mass is 35.5. The molecule has 0 unspecified atom stereocenters. The van der Waals surface area contributed by atoms with Gasteiger partial charge in [-0.2, -0.15) is 0 Å². The molecule has 4 nitrogen and oxygen atoms in total. The largest absolute Gasteiger partial charge is 0.497 e. The van der Waals surface area contributed by atoms with E-state index in [1.807, 2.05) is 24.3 Å². The molecule has 0 amide bonds. The van der Waals surface area contributed by atoms with Crippen LogP contribution in [0.2, 0.25) is 5.02 Å². The Morgan fingerprint density at radius 2 is 1.87 bits per heavy atom. The molecule has 2 aromatic carbocycles. The number of methoxy groups -OCH3 is 1. The minimum absolute atomic E-state index is 0.548. The lowest BCUT2D eigenvalue weighted by molar-refractivity contribution is 0.171. The minimum atomic E-state index is 0.548. The average Bonchev–Trinajstić information content (AvgIpc) is 2.59. The summed E-state index contributed by atoms with van der Waals surface area (Å²) in [7, 11) is 1.68. The third kappa shape index (κ3) is 4.09. The first kappa shape index (κ1) is 16.0. The van der Waals surface area contributed by atoms with E-state index in [4.69, 9.17) is 25.8 Å². The van der Waals surface area contributed by atoms with Crippen LogP contribution in [-0.4, -0.2) is 26.9 Å². The summed E-state index contributed by atoms with van der Waals surface area (Å²) >= 11 is 6.24. The van der Waals surface area contributed by atoms with Gasteiger partial charge in [-0.3, -0.25) is 0 Å². The third-order valence-electron chi connectivity index (χ3n) is 3.74. The summed E-state index contributed by atoms with van der Waals surface area (Å²) in [5.74, 6) is 2.27. The van der Waals surface area contributed by atoms with Crippen LogP contribution in [0.3, 0.4) is 0 Å². The van der Waals surface area contributed by atoms with Crippen molar-refractivity contribution in [2.75, 3.05) is 26.9 Å². The van der Waals surface area contributed by atoms with Gasteiger partial charge in [0.25, 0.3) is 0 Å². The molecule has 0 fully saturated rings. The van der Waals surface area contributed by atoms with Gasteiger partial charge in [0.15, 0.2) is 11.5 Å². The fraction of sp³-hybridized carbons (Fsp3) is 0.333. The molecule has 2 aromatic rings. The summed E-state index contributed by atoms with van der Waals surface area (Å²) in [6, 6.07) is 12.0. The number of nitrogens with one attached hydrogen (secondary N) is 1. The van der Waals surface area contributed by atoms with E-state index in [1.54, 1.807) is 7.11 Å². The van der Waals surface area contributed by atoms with Gasteiger partial charge in [-0.1, -0.05) is 23.7 Å². The number of ether oxygens (including phenoxy) is 3. The van der Waals surface area contributed by atoms with Crippen molar-refractivity contribution in [3.8, 4) is 17.2 Å². The Bertz CT molecular complexity index is 658. The first-order valence-electron chi connectivity index (χ1n) is 7.68. The van der Waals surface area contributed by atoms with Gasteiger partial charge in [-0.05, 0) is 48.4 Å². The molecule has 0 radical (unpaired) electrons. The van der Waals surface area contributed by atoms with E-state index in [9.17, 15) is 0 Å². The second kappa shape index (κ2) is 7.57. The van der Waals surface area contributed by atoms with Crippen LogP contribution in [0.1, 0.15) is 11.1 Å². The molecule has 122 valence electrons. The lowest BCUT2D eigenvalue weighted by Crippen LogP contribution is -2.18. The third-order valence-corrected chi connectivity index (χ3v) is 4.02. The zero-order valence-corrected chi connectivity index (χ0v) is 13.9. The molecule has 23 heavy (non-hydrogen) atoms. The summed E-state index contributed by atoms with van der Waals surface area (Å²) in [5, 5.41) is 4.03. The Kier molecular flexibility index (Phi) is 5.26. The van der Waals surface area contributed by atoms with Crippen molar-refractivity contribution >= 4 is 11.6 Å². The van der Waals surface area contributed by atoms with Crippen LogP contribution in [0.5, 0.6) is 17.2 Å². The molecule has 0 aliphatic carbocycles. The van der Waals surface area contributed by atoms with Crippen molar-refractivity contribution < 1.29 is 14.2 Å². The van der Waals surface area contributed by atoms with Crippen LogP contribution < -0.4 is 19.5 Å². The Morgan fingerprint density at radius 1 is 1.09 bits per heavy atom. The van der Waals surface area contributed by atoms with Gasteiger partial charge in [0, 0.05) is 6.54 Å². The highest BCUT2D eigenvalue weighted by molar-refractivity contribution is 6.32. The lowest BCUT2D eigenvalue weighted by Gasteiger charge is -2.20. The number of benzene rings is 2. The van der Waals surface area contributed by atoms with E-state index in [1.165, 1.54) is 5.56 Å². The normalized spacial score (nSPS) is 13.0. The fourth-order valence-electron chi connectivity index (χ4n) is 2.52. The fourth-order valence-corrected chi connectivity index (χ4v) is 2.81. The van der Waals surface area contributed by atoms with Crippen LogP contribution in [0.15, 0.2) is 36.4 Å². The molecule has 1 N–H and O–H groups in total. The quantitative estimate of drug-likeness (QED) is 0.822. The molecular weight excluding hydrogens is 314 g/mol. The van der Waals surface area contributed by atoms with Crippen molar-refractivity contribution in [3.05, 3.63) is 52.5 Å². The first-order valence-corrected chi connectivity index (χ1v) is 8.06. The maximum absolute atomic E-state index is 6.24. The predicted octanol–water partition coefficient (Wildman–Crippen LogP) is 3.45.